The summed E-state index contributed by atoms with van der Waals surface area (Å²) >= 11 is 0. The molecule has 0 spiro atoms. The van der Waals surface area contributed by atoms with Crippen LogP contribution in [0.4, 0.5) is 0 Å². The second kappa shape index (κ2) is 1.55. The number of hydrogen-bond acceptors (Lipinski definition) is 3. The molecule has 1 aliphatic heterocycles. The summed E-state index contributed by atoms with van der Waals surface area (Å²) in [6.07, 6.45) is 1.50. The quantitative estimate of drug-likeness (QED) is 0.374. The zero-order valence-electron chi connectivity index (χ0n) is 6.38. The number of carbonyl (C=O) groups excluding carboxylic acids is 2. The number of fused-ring (bicyclic) bond motifs is 1. The molecule has 3 nitrogen and oxygen atoms in total. The fourth-order valence-electron chi connectivity index (χ4n) is 1.51. The zero-order chi connectivity index (χ0) is 8.22. The van der Waals surface area contributed by atoms with Crippen LogP contribution >= 0.6 is 0 Å². The molecule has 1 saturated heterocycles. The van der Waals surface area contributed by atoms with Crippen LogP contribution in [0.5, 0.6) is 0 Å². The highest BCUT2D eigenvalue weighted by molar-refractivity contribution is 6.16. The van der Waals surface area contributed by atoms with E-state index in [0.717, 1.165) is 5.57 Å². The number of esters is 1. The van der Waals surface area contributed by atoms with Gasteiger partial charge in [-0.15, -0.1) is 0 Å². The average molecular weight is 152 g/mol. The summed E-state index contributed by atoms with van der Waals surface area (Å²) < 4.78 is 4.98. The molecule has 2 aliphatic rings. The van der Waals surface area contributed by atoms with E-state index in [-0.39, 0.29) is 5.78 Å². The minimum atomic E-state index is -0.565. The minimum absolute atomic E-state index is 0.115. The Morgan fingerprint density at radius 1 is 1.45 bits per heavy atom. The van der Waals surface area contributed by atoms with E-state index in [0.29, 0.717) is 0 Å². The van der Waals surface area contributed by atoms with Crippen molar-refractivity contribution in [3.63, 3.8) is 0 Å². The molecule has 0 saturated carbocycles. The van der Waals surface area contributed by atoms with Crippen LogP contribution in [-0.2, 0) is 14.3 Å². The maximum atomic E-state index is 11.0. The summed E-state index contributed by atoms with van der Waals surface area (Å²) in [7, 11) is 0. The Bertz CT molecular complexity index is 286. The van der Waals surface area contributed by atoms with Gasteiger partial charge in [0.05, 0.1) is 0 Å². The Hall–Kier alpha value is -1.12. The third-order valence-corrected chi connectivity index (χ3v) is 2.18. The summed E-state index contributed by atoms with van der Waals surface area (Å²) in [6, 6.07) is 0. The van der Waals surface area contributed by atoms with Crippen LogP contribution in [0, 0.1) is 5.92 Å². The van der Waals surface area contributed by atoms with Crippen molar-refractivity contribution in [2.24, 2.45) is 5.92 Å². The Labute approximate surface area is 64.0 Å². The number of ether oxygens (including phenoxy) is 1. The van der Waals surface area contributed by atoms with Gasteiger partial charge in [-0.05, 0) is 25.5 Å². The molecule has 1 unspecified atom stereocenters. The molecule has 0 aromatic carbocycles. The Balaban J connectivity index is 2.46. The molecular weight excluding hydrogens is 144 g/mol. The number of rotatable bonds is 0. The first-order chi connectivity index (χ1) is 5.02. The number of hydrogen-bond donors (Lipinski definition) is 0. The molecule has 3 heteroatoms. The number of ketones is 1. The van der Waals surface area contributed by atoms with E-state index < -0.39 is 17.5 Å². The lowest BCUT2D eigenvalue weighted by molar-refractivity contribution is -0.149. The van der Waals surface area contributed by atoms with Crippen LogP contribution in [0.3, 0.4) is 0 Å². The first-order valence-corrected chi connectivity index (χ1v) is 3.51. The minimum Gasteiger partial charge on any atom is -0.454 e. The summed E-state index contributed by atoms with van der Waals surface area (Å²) in [4.78, 5) is 21.8. The molecular formula is C8H8O3. The summed E-state index contributed by atoms with van der Waals surface area (Å²) in [5.74, 6) is -1.07. The smallest absolute Gasteiger partial charge is 0.322 e. The van der Waals surface area contributed by atoms with E-state index >= 15 is 0 Å². The molecule has 58 valence electrons. The first-order valence-electron chi connectivity index (χ1n) is 3.51. The molecule has 0 aromatic heterocycles. The third-order valence-electron chi connectivity index (χ3n) is 2.18. The van der Waals surface area contributed by atoms with Gasteiger partial charge in [0.15, 0.2) is 5.78 Å². The fraction of sp³-hybridized carbons (Fsp3) is 0.500. The topological polar surface area (TPSA) is 43.4 Å². The molecule has 2 rings (SSSR count). The second-order valence-corrected chi connectivity index (χ2v) is 3.37. The fourth-order valence-corrected chi connectivity index (χ4v) is 1.51. The highest BCUT2D eigenvalue weighted by Gasteiger charge is 2.53. The van der Waals surface area contributed by atoms with Crippen LogP contribution in [0.2, 0.25) is 0 Å². The molecule has 1 aliphatic carbocycles. The molecule has 0 N–H and O–H groups in total. The van der Waals surface area contributed by atoms with Gasteiger partial charge < -0.3 is 4.74 Å². The van der Waals surface area contributed by atoms with E-state index in [1.807, 2.05) is 0 Å². The number of carbonyl (C=O) groups is 2. The van der Waals surface area contributed by atoms with Gasteiger partial charge in [-0.25, -0.2) is 0 Å². The average Bonchev–Trinajstić information content (AvgIpc) is 1.96. The Kier molecular flexibility index (Phi) is 0.926. The summed E-state index contributed by atoms with van der Waals surface area (Å²) in [5.41, 5.74) is 0.280. The molecule has 0 amide bonds. The van der Waals surface area contributed by atoms with Gasteiger partial charge in [0, 0.05) is 0 Å². The van der Waals surface area contributed by atoms with E-state index in [2.05, 4.69) is 0 Å². The predicted molar refractivity (Wildman–Crippen MR) is 36.8 cm³/mol. The van der Waals surface area contributed by atoms with Crippen molar-refractivity contribution in [3.05, 3.63) is 11.6 Å². The van der Waals surface area contributed by atoms with Gasteiger partial charge in [0.25, 0.3) is 0 Å². The van der Waals surface area contributed by atoms with E-state index in [1.165, 1.54) is 6.08 Å². The van der Waals surface area contributed by atoms with Gasteiger partial charge in [-0.2, -0.15) is 0 Å². The zero-order valence-corrected chi connectivity index (χ0v) is 6.38. The third kappa shape index (κ3) is 0.628. The number of cyclic esters (lactones) is 1. The number of allylic oxidation sites excluding steroid dienone is 1. The highest BCUT2D eigenvalue weighted by Crippen LogP contribution is 2.42. The largest absolute Gasteiger partial charge is 0.454 e. The highest BCUT2D eigenvalue weighted by atomic mass is 16.6. The van der Waals surface area contributed by atoms with Crippen molar-refractivity contribution >= 4 is 11.8 Å². The van der Waals surface area contributed by atoms with E-state index in [4.69, 9.17) is 4.74 Å². The SMILES string of the molecule is CC1(C)OC(=O)C2C(=O)C=C21. The molecule has 0 aromatic rings. The van der Waals surface area contributed by atoms with Crippen molar-refractivity contribution in [1.82, 2.24) is 0 Å². The van der Waals surface area contributed by atoms with Crippen molar-refractivity contribution in [3.8, 4) is 0 Å². The van der Waals surface area contributed by atoms with Crippen molar-refractivity contribution in [1.29, 1.82) is 0 Å². The molecule has 1 heterocycles. The van der Waals surface area contributed by atoms with Crippen molar-refractivity contribution < 1.29 is 14.3 Å². The molecule has 1 atom stereocenters. The Morgan fingerprint density at radius 3 is 2.45 bits per heavy atom. The maximum absolute atomic E-state index is 11.0. The van der Waals surface area contributed by atoms with Crippen LogP contribution < -0.4 is 0 Å². The van der Waals surface area contributed by atoms with Crippen LogP contribution in [-0.4, -0.2) is 17.4 Å². The van der Waals surface area contributed by atoms with Gasteiger partial charge in [-0.1, -0.05) is 0 Å². The normalized spacial score (nSPS) is 32.2. The maximum Gasteiger partial charge on any atom is 0.322 e. The second-order valence-electron chi connectivity index (χ2n) is 3.37. The lowest BCUT2D eigenvalue weighted by Gasteiger charge is -2.22. The monoisotopic (exact) mass is 152 g/mol. The van der Waals surface area contributed by atoms with Crippen LogP contribution in [0.15, 0.2) is 11.6 Å². The summed E-state index contributed by atoms with van der Waals surface area (Å²) in [6.45, 7) is 3.59. The predicted octanol–water partition coefficient (Wildman–Crippen LogP) is 0.447. The van der Waals surface area contributed by atoms with E-state index in [1.54, 1.807) is 13.8 Å². The molecule has 0 radical (unpaired) electrons. The Morgan fingerprint density at radius 2 is 2.09 bits per heavy atom. The molecule has 0 bridgehead atoms. The molecule has 1 fully saturated rings. The van der Waals surface area contributed by atoms with Gasteiger partial charge in [-0.3, -0.25) is 9.59 Å². The lowest BCUT2D eigenvalue weighted by atomic mass is 9.78. The van der Waals surface area contributed by atoms with Crippen LogP contribution in [0.25, 0.3) is 0 Å². The van der Waals surface area contributed by atoms with Gasteiger partial charge >= 0.3 is 5.97 Å². The van der Waals surface area contributed by atoms with Crippen molar-refractivity contribution in [2.75, 3.05) is 0 Å². The lowest BCUT2D eigenvalue weighted by Crippen LogP contribution is -2.31. The van der Waals surface area contributed by atoms with Gasteiger partial charge in [0.1, 0.15) is 11.5 Å². The van der Waals surface area contributed by atoms with E-state index in [9.17, 15) is 9.59 Å². The van der Waals surface area contributed by atoms with Gasteiger partial charge in [0.2, 0.25) is 0 Å². The molecule has 11 heavy (non-hydrogen) atoms. The summed E-state index contributed by atoms with van der Waals surface area (Å²) in [5, 5.41) is 0. The standard InChI is InChI=1S/C8H8O3/c1-8(2)4-3-5(9)6(4)7(10)11-8/h3,6H,1-2H3. The van der Waals surface area contributed by atoms with Crippen LogP contribution in [0.1, 0.15) is 13.8 Å². The first kappa shape index (κ1) is 6.58. The van der Waals surface area contributed by atoms with Crippen molar-refractivity contribution in [2.45, 2.75) is 19.4 Å².